The van der Waals surface area contributed by atoms with Crippen molar-refractivity contribution in [2.24, 2.45) is 0 Å². The SMILES string of the molecule is CN(C)C(=O)c1ccccc1N1CCNCC1.Cl.Cl. The number of hydrogen-bond donors (Lipinski definition) is 1. The van der Waals surface area contributed by atoms with E-state index < -0.39 is 0 Å². The molecule has 0 aliphatic carbocycles. The summed E-state index contributed by atoms with van der Waals surface area (Å²) in [5.41, 5.74) is 1.84. The summed E-state index contributed by atoms with van der Waals surface area (Å²) in [7, 11) is 3.58. The summed E-state index contributed by atoms with van der Waals surface area (Å²) in [4.78, 5) is 16.0. The molecule has 4 nitrogen and oxygen atoms in total. The topological polar surface area (TPSA) is 35.6 Å². The Labute approximate surface area is 127 Å². The quantitative estimate of drug-likeness (QED) is 0.902. The van der Waals surface area contributed by atoms with E-state index in [1.807, 2.05) is 24.3 Å². The van der Waals surface area contributed by atoms with Crippen LogP contribution in [0.2, 0.25) is 0 Å². The minimum Gasteiger partial charge on any atom is -0.368 e. The number of para-hydroxylation sites is 1. The standard InChI is InChI=1S/C13H19N3O.2ClH/c1-15(2)13(17)11-5-3-4-6-12(11)16-9-7-14-8-10-16;;/h3-6,14H,7-10H2,1-2H3;2*1H. The predicted molar refractivity (Wildman–Crippen MR) is 84.0 cm³/mol. The van der Waals surface area contributed by atoms with E-state index in [2.05, 4.69) is 10.2 Å². The van der Waals surface area contributed by atoms with Crippen molar-refractivity contribution in [1.82, 2.24) is 10.2 Å². The first-order valence-electron chi connectivity index (χ1n) is 5.96. The summed E-state index contributed by atoms with van der Waals surface area (Å²) in [5, 5.41) is 3.32. The highest BCUT2D eigenvalue weighted by Crippen LogP contribution is 2.21. The minimum atomic E-state index is 0. The van der Waals surface area contributed by atoms with Crippen molar-refractivity contribution >= 4 is 36.4 Å². The summed E-state index contributed by atoms with van der Waals surface area (Å²) in [6.07, 6.45) is 0. The van der Waals surface area contributed by atoms with Gasteiger partial charge in [-0.1, -0.05) is 12.1 Å². The van der Waals surface area contributed by atoms with Crippen molar-refractivity contribution in [3.05, 3.63) is 29.8 Å². The van der Waals surface area contributed by atoms with Crippen LogP contribution in [0, 0.1) is 0 Å². The lowest BCUT2D eigenvalue weighted by atomic mass is 10.1. The molecule has 0 aromatic heterocycles. The van der Waals surface area contributed by atoms with E-state index in [1.165, 1.54) is 0 Å². The average molecular weight is 306 g/mol. The number of anilines is 1. The molecular weight excluding hydrogens is 285 g/mol. The van der Waals surface area contributed by atoms with E-state index in [4.69, 9.17) is 0 Å². The minimum absolute atomic E-state index is 0. The zero-order chi connectivity index (χ0) is 12.3. The first kappa shape index (κ1) is 18.0. The summed E-state index contributed by atoms with van der Waals surface area (Å²) in [6, 6.07) is 7.84. The zero-order valence-electron chi connectivity index (χ0n) is 11.3. The summed E-state index contributed by atoms with van der Waals surface area (Å²) >= 11 is 0. The number of carbonyl (C=O) groups excluding carboxylic acids is 1. The van der Waals surface area contributed by atoms with Crippen LogP contribution >= 0.6 is 24.8 Å². The fourth-order valence-corrected chi connectivity index (χ4v) is 2.08. The molecule has 0 spiro atoms. The molecule has 0 unspecified atom stereocenters. The zero-order valence-corrected chi connectivity index (χ0v) is 12.9. The Bertz CT molecular complexity index is 407. The second kappa shape index (κ2) is 8.25. The number of hydrogen-bond acceptors (Lipinski definition) is 3. The normalized spacial score (nSPS) is 14.1. The number of halogens is 2. The summed E-state index contributed by atoms with van der Waals surface area (Å²) in [6.45, 7) is 3.87. The number of nitrogens with zero attached hydrogens (tertiary/aromatic N) is 2. The van der Waals surface area contributed by atoms with E-state index in [9.17, 15) is 4.79 Å². The second-order valence-corrected chi connectivity index (χ2v) is 4.45. The van der Waals surface area contributed by atoms with Crippen molar-refractivity contribution < 1.29 is 4.79 Å². The van der Waals surface area contributed by atoms with Crippen LogP contribution in [0.25, 0.3) is 0 Å². The number of carbonyl (C=O) groups is 1. The molecule has 1 heterocycles. The molecule has 1 saturated heterocycles. The lowest BCUT2D eigenvalue weighted by Crippen LogP contribution is -2.44. The van der Waals surface area contributed by atoms with Gasteiger partial charge >= 0.3 is 0 Å². The third kappa shape index (κ3) is 4.27. The van der Waals surface area contributed by atoms with Gasteiger partial charge in [0.05, 0.1) is 5.56 Å². The van der Waals surface area contributed by atoms with Crippen molar-refractivity contribution in [3.63, 3.8) is 0 Å². The molecule has 1 amide bonds. The number of rotatable bonds is 2. The maximum absolute atomic E-state index is 12.1. The Morgan fingerprint density at radius 3 is 2.32 bits per heavy atom. The van der Waals surface area contributed by atoms with Gasteiger partial charge in [0.2, 0.25) is 0 Å². The third-order valence-corrected chi connectivity index (χ3v) is 3.00. The van der Waals surface area contributed by atoms with Gasteiger partial charge < -0.3 is 15.1 Å². The molecule has 1 aromatic rings. The molecule has 0 saturated carbocycles. The van der Waals surface area contributed by atoms with Crippen LogP contribution in [0.4, 0.5) is 5.69 Å². The van der Waals surface area contributed by atoms with Gasteiger partial charge in [-0.2, -0.15) is 0 Å². The first-order valence-corrected chi connectivity index (χ1v) is 5.96. The Balaban J connectivity index is 0.00000162. The molecule has 1 aliphatic heterocycles. The lowest BCUT2D eigenvalue weighted by Gasteiger charge is -2.31. The van der Waals surface area contributed by atoms with Crippen molar-refractivity contribution in [3.8, 4) is 0 Å². The molecule has 1 N–H and O–H groups in total. The monoisotopic (exact) mass is 305 g/mol. The Morgan fingerprint density at radius 1 is 1.16 bits per heavy atom. The van der Waals surface area contributed by atoms with Crippen LogP contribution in [-0.4, -0.2) is 51.1 Å². The highest BCUT2D eigenvalue weighted by molar-refractivity contribution is 5.99. The number of benzene rings is 1. The van der Waals surface area contributed by atoms with Gasteiger partial charge in [0.15, 0.2) is 0 Å². The number of piperazine rings is 1. The molecule has 1 aromatic carbocycles. The fourth-order valence-electron chi connectivity index (χ4n) is 2.08. The van der Waals surface area contributed by atoms with Crippen LogP contribution in [0.15, 0.2) is 24.3 Å². The maximum Gasteiger partial charge on any atom is 0.255 e. The van der Waals surface area contributed by atoms with Crippen LogP contribution in [-0.2, 0) is 0 Å². The highest BCUT2D eigenvalue weighted by Gasteiger charge is 2.18. The van der Waals surface area contributed by atoms with Gasteiger partial charge in [-0.15, -0.1) is 24.8 Å². The molecular formula is C13H21Cl2N3O. The van der Waals surface area contributed by atoms with Crippen LogP contribution in [0.5, 0.6) is 0 Å². The predicted octanol–water partition coefficient (Wildman–Crippen LogP) is 1.64. The molecule has 0 atom stereocenters. The van der Waals surface area contributed by atoms with Crippen LogP contribution in [0.1, 0.15) is 10.4 Å². The van der Waals surface area contributed by atoms with E-state index in [0.717, 1.165) is 37.4 Å². The van der Waals surface area contributed by atoms with E-state index in [1.54, 1.807) is 19.0 Å². The van der Waals surface area contributed by atoms with E-state index in [-0.39, 0.29) is 30.7 Å². The van der Waals surface area contributed by atoms with Crippen molar-refractivity contribution in [2.45, 2.75) is 0 Å². The molecule has 1 fully saturated rings. The first-order chi connectivity index (χ1) is 8.20. The third-order valence-electron chi connectivity index (χ3n) is 3.00. The van der Waals surface area contributed by atoms with Gasteiger partial charge in [0.25, 0.3) is 5.91 Å². The molecule has 19 heavy (non-hydrogen) atoms. The number of amides is 1. The van der Waals surface area contributed by atoms with E-state index >= 15 is 0 Å². The Kier molecular flexibility index (Phi) is 7.83. The van der Waals surface area contributed by atoms with Gasteiger partial charge in [-0.25, -0.2) is 0 Å². The summed E-state index contributed by atoms with van der Waals surface area (Å²) in [5.74, 6) is 0.0686. The summed E-state index contributed by atoms with van der Waals surface area (Å²) < 4.78 is 0. The Hall–Kier alpha value is -0.970. The number of nitrogens with one attached hydrogen (secondary N) is 1. The molecule has 6 heteroatoms. The van der Waals surface area contributed by atoms with Gasteiger partial charge in [-0.3, -0.25) is 4.79 Å². The van der Waals surface area contributed by atoms with Crippen LogP contribution < -0.4 is 10.2 Å². The van der Waals surface area contributed by atoms with Gasteiger partial charge in [0, 0.05) is 46.0 Å². The van der Waals surface area contributed by atoms with E-state index in [0.29, 0.717) is 0 Å². The largest absolute Gasteiger partial charge is 0.368 e. The molecule has 108 valence electrons. The van der Waals surface area contributed by atoms with Crippen LogP contribution in [0.3, 0.4) is 0 Å². The smallest absolute Gasteiger partial charge is 0.255 e. The second-order valence-electron chi connectivity index (χ2n) is 4.45. The lowest BCUT2D eigenvalue weighted by molar-refractivity contribution is 0.0828. The average Bonchev–Trinajstić information content (AvgIpc) is 2.39. The molecule has 1 aliphatic rings. The molecule has 0 bridgehead atoms. The fraction of sp³-hybridized carbons (Fsp3) is 0.462. The van der Waals surface area contributed by atoms with Gasteiger partial charge in [-0.05, 0) is 12.1 Å². The highest BCUT2D eigenvalue weighted by atomic mass is 35.5. The molecule has 0 radical (unpaired) electrons. The maximum atomic E-state index is 12.1. The Morgan fingerprint density at radius 2 is 1.74 bits per heavy atom. The molecule has 2 rings (SSSR count). The van der Waals surface area contributed by atoms with Crippen molar-refractivity contribution in [2.75, 3.05) is 45.2 Å². The van der Waals surface area contributed by atoms with Crippen molar-refractivity contribution in [1.29, 1.82) is 0 Å². The van der Waals surface area contributed by atoms with Gasteiger partial charge in [0.1, 0.15) is 0 Å².